The molecule has 0 aliphatic carbocycles. The summed E-state index contributed by atoms with van der Waals surface area (Å²) in [5.41, 5.74) is 1.40. The van der Waals surface area contributed by atoms with Crippen molar-refractivity contribution in [3.8, 4) is 0 Å². The lowest BCUT2D eigenvalue weighted by Gasteiger charge is -2.18. The molecule has 0 amide bonds. The first-order valence-corrected chi connectivity index (χ1v) is 6.12. The lowest BCUT2D eigenvalue weighted by molar-refractivity contribution is 0.104. The van der Waals surface area contributed by atoms with E-state index in [-0.39, 0.29) is 5.82 Å². The molecule has 1 aromatic heterocycles. The van der Waals surface area contributed by atoms with E-state index in [0.717, 1.165) is 5.56 Å². The van der Waals surface area contributed by atoms with Crippen LogP contribution in [0.2, 0.25) is 0 Å². The van der Waals surface area contributed by atoms with E-state index in [1.807, 2.05) is 37.3 Å². The largest absolute Gasteiger partial charge is 0.267 e. The zero-order valence-electron chi connectivity index (χ0n) is 11.0. The number of hydrogen-bond acceptors (Lipinski definition) is 4. The van der Waals surface area contributed by atoms with Crippen molar-refractivity contribution in [1.82, 2.24) is 9.97 Å². The van der Waals surface area contributed by atoms with Crippen LogP contribution in [0.3, 0.4) is 0 Å². The normalized spacial score (nSPS) is 10.5. The average molecular weight is 261 g/mol. The van der Waals surface area contributed by atoms with Crippen molar-refractivity contribution in [2.45, 2.75) is 20.0 Å². The molecular formula is C14H16FN3O. The first-order valence-electron chi connectivity index (χ1n) is 6.12. The van der Waals surface area contributed by atoms with Gasteiger partial charge in [-0.15, -0.1) is 0 Å². The van der Waals surface area contributed by atoms with Crippen LogP contribution in [-0.2, 0) is 17.9 Å². The van der Waals surface area contributed by atoms with Gasteiger partial charge in [-0.3, -0.25) is 4.84 Å². The average Bonchev–Trinajstić information content (AvgIpc) is 2.46. The Hall–Kier alpha value is -2.01. The molecule has 0 aliphatic heterocycles. The molecule has 0 aliphatic rings. The fraction of sp³-hybridized carbons (Fsp3) is 0.286. The Labute approximate surface area is 111 Å². The maximum absolute atomic E-state index is 14.0. The number of hydroxylamine groups is 1. The van der Waals surface area contributed by atoms with Crippen LogP contribution in [0.4, 0.5) is 10.2 Å². The third kappa shape index (κ3) is 3.26. The van der Waals surface area contributed by atoms with Gasteiger partial charge in [-0.05, 0) is 12.0 Å². The Balaban J connectivity index is 2.06. The van der Waals surface area contributed by atoms with E-state index in [1.54, 1.807) is 7.05 Å². The van der Waals surface area contributed by atoms with Gasteiger partial charge >= 0.3 is 0 Å². The molecule has 0 atom stereocenters. The number of aromatic nitrogens is 2. The van der Waals surface area contributed by atoms with Gasteiger partial charge in [-0.2, -0.15) is 0 Å². The van der Waals surface area contributed by atoms with Gasteiger partial charge in [0.1, 0.15) is 6.33 Å². The van der Waals surface area contributed by atoms with Crippen LogP contribution in [0.15, 0.2) is 36.7 Å². The van der Waals surface area contributed by atoms with E-state index < -0.39 is 5.82 Å². The first kappa shape index (κ1) is 13.4. The maximum atomic E-state index is 14.0. The van der Waals surface area contributed by atoms with Crippen LogP contribution < -0.4 is 5.06 Å². The molecule has 0 N–H and O–H groups in total. The summed E-state index contributed by atoms with van der Waals surface area (Å²) in [5.74, 6) is -0.275. The minimum absolute atomic E-state index is 0.155. The summed E-state index contributed by atoms with van der Waals surface area (Å²) in [5, 5.41) is 1.34. The Morgan fingerprint density at radius 1 is 1.21 bits per heavy atom. The van der Waals surface area contributed by atoms with E-state index in [0.29, 0.717) is 18.7 Å². The second kappa shape index (κ2) is 6.24. The standard InChI is InChI=1S/C14H16FN3O/c1-3-12-13(15)14(17-10-16-12)18(2)19-9-11-7-5-4-6-8-11/h4-8,10H,3,9H2,1-2H3. The summed E-state index contributed by atoms with van der Waals surface area (Å²) < 4.78 is 14.0. The Morgan fingerprint density at radius 2 is 1.95 bits per heavy atom. The predicted octanol–water partition coefficient (Wildman–Crippen LogP) is 2.75. The van der Waals surface area contributed by atoms with Gasteiger partial charge in [0.05, 0.1) is 12.3 Å². The first-order chi connectivity index (χ1) is 9.22. The van der Waals surface area contributed by atoms with Gasteiger partial charge in [-0.1, -0.05) is 37.3 Å². The van der Waals surface area contributed by atoms with Crippen LogP contribution >= 0.6 is 0 Å². The highest BCUT2D eigenvalue weighted by atomic mass is 19.1. The highest BCUT2D eigenvalue weighted by molar-refractivity contribution is 5.37. The van der Waals surface area contributed by atoms with Gasteiger partial charge in [0.25, 0.3) is 0 Å². The van der Waals surface area contributed by atoms with Crippen molar-refractivity contribution in [2.24, 2.45) is 0 Å². The van der Waals surface area contributed by atoms with Gasteiger partial charge in [0.2, 0.25) is 0 Å². The summed E-state index contributed by atoms with van der Waals surface area (Å²) in [6.07, 6.45) is 1.87. The molecule has 19 heavy (non-hydrogen) atoms. The van der Waals surface area contributed by atoms with Crippen LogP contribution in [0, 0.1) is 5.82 Å². The van der Waals surface area contributed by atoms with Gasteiger partial charge in [0, 0.05) is 7.05 Å². The molecule has 0 unspecified atom stereocenters. The van der Waals surface area contributed by atoms with Crippen molar-refractivity contribution in [2.75, 3.05) is 12.1 Å². The predicted molar refractivity (Wildman–Crippen MR) is 71.0 cm³/mol. The van der Waals surface area contributed by atoms with E-state index >= 15 is 0 Å². The van der Waals surface area contributed by atoms with E-state index in [9.17, 15) is 4.39 Å². The lowest BCUT2D eigenvalue weighted by Crippen LogP contribution is -2.21. The molecule has 4 nitrogen and oxygen atoms in total. The molecule has 0 saturated heterocycles. The zero-order valence-corrected chi connectivity index (χ0v) is 11.0. The Bertz CT molecular complexity index is 533. The maximum Gasteiger partial charge on any atom is 0.192 e. The number of benzene rings is 1. The molecule has 1 heterocycles. The number of hydrogen-bond donors (Lipinski definition) is 0. The molecule has 5 heteroatoms. The highest BCUT2D eigenvalue weighted by Gasteiger charge is 2.14. The van der Waals surface area contributed by atoms with Gasteiger partial charge < -0.3 is 0 Å². The summed E-state index contributed by atoms with van der Waals surface area (Å²) in [6, 6.07) is 9.69. The molecule has 0 fully saturated rings. The SMILES string of the molecule is CCc1ncnc(N(C)OCc2ccccc2)c1F. The lowest BCUT2D eigenvalue weighted by atomic mass is 10.2. The van der Waals surface area contributed by atoms with Crippen molar-refractivity contribution in [1.29, 1.82) is 0 Å². The van der Waals surface area contributed by atoms with Gasteiger partial charge in [0.15, 0.2) is 11.6 Å². The van der Waals surface area contributed by atoms with Crippen molar-refractivity contribution >= 4 is 5.82 Å². The molecule has 0 bridgehead atoms. The van der Waals surface area contributed by atoms with E-state index in [2.05, 4.69) is 9.97 Å². The second-order valence-corrected chi connectivity index (χ2v) is 4.07. The number of nitrogens with zero attached hydrogens (tertiary/aromatic N) is 3. The molecule has 0 radical (unpaired) electrons. The molecule has 0 saturated carbocycles. The molecule has 2 aromatic rings. The molecule has 100 valence electrons. The Kier molecular flexibility index (Phi) is 4.41. The third-order valence-electron chi connectivity index (χ3n) is 2.74. The van der Waals surface area contributed by atoms with E-state index in [1.165, 1.54) is 11.4 Å². The number of anilines is 1. The van der Waals surface area contributed by atoms with Crippen LogP contribution in [-0.4, -0.2) is 17.0 Å². The number of aryl methyl sites for hydroxylation is 1. The molecular weight excluding hydrogens is 245 g/mol. The fourth-order valence-electron chi connectivity index (χ4n) is 1.67. The quantitative estimate of drug-likeness (QED) is 0.776. The molecule has 1 aromatic carbocycles. The molecule has 2 rings (SSSR count). The monoisotopic (exact) mass is 261 g/mol. The Morgan fingerprint density at radius 3 is 2.63 bits per heavy atom. The van der Waals surface area contributed by atoms with Crippen LogP contribution in [0.1, 0.15) is 18.2 Å². The van der Waals surface area contributed by atoms with Crippen molar-refractivity contribution in [3.05, 3.63) is 53.7 Å². The summed E-state index contributed by atoms with van der Waals surface area (Å²) >= 11 is 0. The summed E-state index contributed by atoms with van der Waals surface area (Å²) in [6.45, 7) is 2.21. The van der Waals surface area contributed by atoms with Crippen LogP contribution in [0.5, 0.6) is 0 Å². The third-order valence-corrected chi connectivity index (χ3v) is 2.74. The summed E-state index contributed by atoms with van der Waals surface area (Å²) in [4.78, 5) is 13.3. The summed E-state index contributed by atoms with van der Waals surface area (Å²) in [7, 11) is 1.63. The molecule has 0 spiro atoms. The topological polar surface area (TPSA) is 38.2 Å². The van der Waals surface area contributed by atoms with Gasteiger partial charge in [-0.25, -0.2) is 19.4 Å². The minimum Gasteiger partial charge on any atom is -0.267 e. The smallest absolute Gasteiger partial charge is 0.192 e. The fourth-order valence-corrected chi connectivity index (χ4v) is 1.67. The highest BCUT2D eigenvalue weighted by Crippen LogP contribution is 2.17. The van der Waals surface area contributed by atoms with Crippen molar-refractivity contribution in [3.63, 3.8) is 0 Å². The zero-order chi connectivity index (χ0) is 13.7. The minimum atomic E-state index is -0.430. The second-order valence-electron chi connectivity index (χ2n) is 4.07. The van der Waals surface area contributed by atoms with E-state index in [4.69, 9.17) is 4.84 Å². The number of rotatable bonds is 5. The van der Waals surface area contributed by atoms with Crippen molar-refractivity contribution < 1.29 is 9.23 Å². The number of halogens is 1. The van der Waals surface area contributed by atoms with Crippen LogP contribution in [0.25, 0.3) is 0 Å².